The minimum atomic E-state index is -0.391. The first-order valence-corrected chi connectivity index (χ1v) is 10.6. The van der Waals surface area contributed by atoms with Crippen LogP contribution in [0.5, 0.6) is 17.2 Å². The average Bonchev–Trinajstić information content (AvgIpc) is 2.83. The third kappa shape index (κ3) is 4.71. The third-order valence-corrected chi connectivity index (χ3v) is 6.49. The molecule has 1 amide bonds. The zero-order chi connectivity index (χ0) is 21.8. The van der Waals surface area contributed by atoms with Crippen molar-refractivity contribution < 1.29 is 23.7 Å². The largest absolute Gasteiger partial charge is 0.618 e. The standard InChI is InChI=1S/C22H28BN3O5/c1-29-17-4-2-16(3-5-17)14-30-20-13-26(28)18(12-19(20)31-23)21(27)24-15-22-6-9-25(10-7-22)11-8-22/h2-5,12-13H,6-11,14-15,23H2,1H3,(H,24,27). The number of hydrogen-bond donors (Lipinski definition) is 1. The lowest BCUT2D eigenvalue weighted by Gasteiger charge is -2.48. The summed E-state index contributed by atoms with van der Waals surface area (Å²) in [6.07, 6.45) is 4.51. The van der Waals surface area contributed by atoms with E-state index in [2.05, 4.69) is 10.2 Å². The SMILES string of the molecule is BOc1cc(C(=O)NCC23CCN(CC2)CC3)[n+]([O-])cc1OCc1ccc(OC)cc1. The number of carbonyl (C=O) groups excluding carboxylic acids is 1. The van der Waals surface area contributed by atoms with Crippen LogP contribution in [0.15, 0.2) is 36.5 Å². The molecular weight excluding hydrogens is 397 g/mol. The van der Waals surface area contributed by atoms with Gasteiger partial charge in [0.1, 0.15) is 12.4 Å². The van der Waals surface area contributed by atoms with Gasteiger partial charge in [-0.05, 0) is 62.0 Å². The van der Waals surface area contributed by atoms with Gasteiger partial charge in [0.25, 0.3) is 5.69 Å². The molecule has 0 atom stereocenters. The van der Waals surface area contributed by atoms with E-state index in [-0.39, 0.29) is 23.5 Å². The molecule has 2 aromatic rings. The summed E-state index contributed by atoms with van der Waals surface area (Å²) in [6.45, 7) is 4.12. The number of fused-ring (bicyclic) bond motifs is 3. The van der Waals surface area contributed by atoms with Gasteiger partial charge in [-0.3, -0.25) is 4.79 Å². The van der Waals surface area contributed by atoms with Crippen molar-refractivity contribution in [2.45, 2.75) is 25.9 Å². The van der Waals surface area contributed by atoms with Gasteiger partial charge in [0.15, 0.2) is 5.75 Å². The summed E-state index contributed by atoms with van der Waals surface area (Å²) in [7, 11) is 3.10. The van der Waals surface area contributed by atoms with Crippen molar-refractivity contribution >= 4 is 14.0 Å². The van der Waals surface area contributed by atoms with Crippen LogP contribution >= 0.6 is 0 Å². The van der Waals surface area contributed by atoms with Gasteiger partial charge in [-0.25, -0.2) is 0 Å². The number of piperidine rings is 3. The molecule has 1 aromatic carbocycles. The molecule has 0 radical (unpaired) electrons. The second-order valence-electron chi connectivity index (χ2n) is 8.33. The fourth-order valence-corrected chi connectivity index (χ4v) is 4.33. The molecular formula is C22H28BN3O5. The van der Waals surface area contributed by atoms with Gasteiger partial charge in [-0.2, -0.15) is 4.73 Å². The zero-order valence-corrected chi connectivity index (χ0v) is 18.1. The average molecular weight is 425 g/mol. The molecule has 4 heterocycles. The van der Waals surface area contributed by atoms with E-state index in [1.165, 1.54) is 20.3 Å². The first kappa shape index (κ1) is 21.3. The number of aromatic nitrogens is 1. The highest BCUT2D eigenvalue weighted by Gasteiger charge is 2.39. The van der Waals surface area contributed by atoms with E-state index in [0.717, 1.165) is 50.2 Å². The number of ether oxygens (including phenoxy) is 2. The Balaban J connectivity index is 1.41. The Morgan fingerprint density at radius 3 is 2.48 bits per heavy atom. The Kier molecular flexibility index (Phi) is 6.22. The number of benzene rings is 1. The Morgan fingerprint density at radius 1 is 1.19 bits per heavy atom. The molecule has 164 valence electrons. The van der Waals surface area contributed by atoms with Crippen molar-refractivity contribution in [3.63, 3.8) is 0 Å². The Morgan fingerprint density at radius 2 is 1.87 bits per heavy atom. The normalized spacial score (nSPS) is 22.0. The maximum absolute atomic E-state index is 12.7. The third-order valence-electron chi connectivity index (χ3n) is 6.49. The van der Waals surface area contributed by atoms with Crippen molar-refractivity contribution in [2.75, 3.05) is 33.3 Å². The molecule has 0 aliphatic carbocycles. The molecule has 31 heavy (non-hydrogen) atoms. The van der Waals surface area contributed by atoms with Gasteiger partial charge in [0.05, 0.1) is 13.2 Å². The molecule has 3 aliphatic heterocycles. The van der Waals surface area contributed by atoms with Crippen molar-refractivity contribution in [1.82, 2.24) is 10.2 Å². The second-order valence-corrected chi connectivity index (χ2v) is 8.33. The fourth-order valence-electron chi connectivity index (χ4n) is 4.33. The number of nitrogens with zero attached hydrogens (tertiary/aromatic N) is 2. The van der Waals surface area contributed by atoms with E-state index < -0.39 is 5.91 Å². The number of pyridine rings is 1. The van der Waals surface area contributed by atoms with Gasteiger partial charge in [-0.1, -0.05) is 12.1 Å². The molecule has 3 saturated heterocycles. The summed E-state index contributed by atoms with van der Waals surface area (Å²) in [4.78, 5) is 15.2. The maximum atomic E-state index is 12.7. The van der Waals surface area contributed by atoms with Gasteiger partial charge < -0.3 is 29.6 Å². The molecule has 5 rings (SSSR count). The fraction of sp³-hybridized carbons (Fsp3) is 0.455. The monoisotopic (exact) mass is 425 g/mol. The Bertz CT molecular complexity index is 916. The molecule has 1 N–H and O–H groups in total. The second kappa shape index (κ2) is 9.05. The summed E-state index contributed by atoms with van der Waals surface area (Å²) in [6, 6.07) is 8.88. The van der Waals surface area contributed by atoms with E-state index in [4.69, 9.17) is 14.1 Å². The van der Waals surface area contributed by atoms with Crippen LogP contribution in [0.3, 0.4) is 0 Å². The number of methoxy groups -OCH3 is 1. The maximum Gasteiger partial charge on any atom is 0.322 e. The first-order chi connectivity index (χ1) is 15.0. The lowest BCUT2D eigenvalue weighted by molar-refractivity contribution is -0.608. The van der Waals surface area contributed by atoms with E-state index >= 15 is 0 Å². The molecule has 0 saturated carbocycles. The van der Waals surface area contributed by atoms with Crippen LogP contribution in [0.4, 0.5) is 0 Å². The van der Waals surface area contributed by atoms with Gasteiger partial charge in [0, 0.05) is 6.54 Å². The smallest absolute Gasteiger partial charge is 0.322 e. The topological polar surface area (TPSA) is 87.0 Å². The van der Waals surface area contributed by atoms with Crippen molar-refractivity contribution in [2.24, 2.45) is 5.41 Å². The molecule has 9 heteroatoms. The Labute approximate surface area is 183 Å². The lowest BCUT2D eigenvalue weighted by atomic mass is 9.72. The molecule has 2 bridgehead atoms. The van der Waals surface area contributed by atoms with Crippen LogP contribution in [-0.4, -0.2) is 52.1 Å². The lowest BCUT2D eigenvalue weighted by Crippen LogP contribution is -2.53. The highest BCUT2D eigenvalue weighted by Crippen LogP contribution is 2.39. The van der Waals surface area contributed by atoms with Crippen LogP contribution in [0.25, 0.3) is 0 Å². The number of amides is 1. The number of nitrogens with one attached hydrogen (secondary N) is 1. The molecule has 0 spiro atoms. The highest BCUT2D eigenvalue weighted by molar-refractivity contribution is 6.00. The number of hydrogen-bond acceptors (Lipinski definition) is 6. The van der Waals surface area contributed by atoms with Crippen molar-refractivity contribution in [1.29, 1.82) is 0 Å². The predicted octanol–water partition coefficient (Wildman–Crippen LogP) is 1.05. The Hall–Kier alpha value is -2.94. The number of carbonyl (C=O) groups is 1. The van der Waals surface area contributed by atoms with Gasteiger partial charge >= 0.3 is 14.0 Å². The molecule has 1 aromatic heterocycles. The van der Waals surface area contributed by atoms with Gasteiger partial charge in [-0.15, -0.1) is 0 Å². The van der Waals surface area contributed by atoms with E-state index in [0.29, 0.717) is 17.0 Å². The summed E-state index contributed by atoms with van der Waals surface area (Å²) in [5.74, 6) is 0.989. The molecule has 0 unspecified atom stereocenters. The molecule has 8 nitrogen and oxygen atoms in total. The summed E-state index contributed by atoms with van der Waals surface area (Å²) < 4.78 is 16.8. The minimum Gasteiger partial charge on any atom is -0.618 e. The zero-order valence-electron chi connectivity index (χ0n) is 18.1. The summed E-state index contributed by atoms with van der Waals surface area (Å²) >= 11 is 0. The van der Waals surface area contributed by atoms with Crippen molar-refractivity contribution in [3.8, 4) is 17.2 Å². The van der Waals surface area contributed by atoms with Crippen LogP contribution in [-0.2, 0) is 6.61 Å². The van der Waals surface area contributed by atoms with Crippen LogP contribution in [0.1, 0.15) is 35.3 Å². The predicted molar refractivity (Wildman–Crippen MR) is 117 cm³/mol. The minimum absolute atomic E-state index is 0.00158. The highest BCUT2D eigenvalue weighted by atomic mass is 16.5. The number of rotatable bonds is 8. The van der Waals surface area contributed by atoms with Gasteiger partial charge in [0.2, 0.25) is 11.9 Å². The van der Waals surface area contributed by atoms with Crippen LogP contribution in [0.2, 0.25) is 0 Å². The van der Waals surface area contributed by atoms with E-state index in [1.807, 2.05) is 24.3 Å². The summed E-state index contributed by atoms with van der Waals surface area (Å²) in [5.41, 5.74) is 1.07. The molecule has 3 fully saturated rings. The van der Waals surface area contributed by atoms with Crippen LogP contribution < -0.4 is 24.2 Å². The quantitative estimate of drug-likeness (QED) is 0.387. The summed E-state index contributed by atoms with van der Waals surface area (Å²) in [5, 5.41) is 15.5. The first-order valence-electron chi connectivity index (χ1n) is 10.6. The van der Waals surface area contributed by atoms with E-state index in [1.54, 1.807) is 7.11 Å². The van der Waals surface area contributed by atoms with Crippen molar-refractivity contribution in [3.05, 3.63) is 53.0 Å². The molecule has 3 aliphatic rings. The van der Waals surface area contributed by atoms with Crippen LogP contribution in [0, 0.1) is 10.6 Å². The van der Waals surface area contributed by atoms with E-state index in [9.17, 15) is 10.0 Å².